The molecule has 33 heavy (non-hydrogen) atoms. The summed E-state index contributed by atoms with van der Waals surface area (Å²) in [6.07, 6.45) is -3.04. The number of nitrogens with one attached hydrogen (secondary N) is 1. The Hall–Kier alpha value is -3.26. The molecule has 3 aliphatic rings. The number of nitriles is 1. The summed E-state index contributed by atoms with van der Waals surface area (Å²) in [5.41, 5.74) is -4.05. The molecule has 2 saturated heterocycles. The molecule has 1 unspecified atom stereocenters. The van der Waals surface area contributed by atoms with Crippen LogP contribution in [0.15, 0.2) is 34.9 Å². The number of rotatable bonds is 3. The van der Waals surface area contributed by atoms with Crippen molar-refractivity contribution in [2.24, 2.45) is 5.41 Å². The molecule has 0 radical (unpaired) electrons. The molecule has 2 aromatic heterocycles. The van der Waals surface area contributed by atoms with E-state index < -0.39 is 22.7 Å². The van der Waals surface area contributed by atoms with Gasteiger partial charge in [0.1, 0.15) is 11.5 Å². The molecule has 6 rings (SSSR count). The molecule has 7 nitrogen and oxygen atoms in total. The fourth-order valence-electron chi connectivity index (χ4n) is 5.54. The van der Waals surface area contributed by atoms with E-state index in [0.717, 1.165) is 0 Å². The zero-order chi connectivity index (χ0) is 23.1. The monoisotopic (exact) mass is 458 g/mol. The van der Waals surface area contributed by atoms with Crippen molar-refractivity contribution < 1.29 is 22.0 Å². The fourth-order valence-corrected chi connectivity index (χ4v) is 5.54. The molecular formula is C22H18F4N6O. The van der Waals surface area contributed by atoms with Crippen LogP contribution in [0.4, 0.5) is 23.2 Å². The summed E-state index contributed by atoms with van der Waals surface area (Å²) in [6, 6.07) is 8.69. The van der Waals surface area contributed by atoms with Crippen molar-refractivity contribution in [1.82, 2.24) is 20.5 Å². The number of hydrogen-bond donors (Lipinski definition) is 1. The highest BCUT2D eigenvalue weighted by atomic mass is 19.4. The first-order valence-corrected chi connectivity index (χ1v) is 10.6. The van der Waals surface area contributed by atoms with Crippen molar-refractivity contribution in [3.8, 4) is 6.07 Å². The molecule has 0 amide bonds. The van der Waals surface area contributed by atoms with Crippen molar-refractivity contribution >= 4 is 16.6 Å². The van der Waals surface area contributed by atoms with E-state index in [9.17, 15) is 18.4 Å². The smallest absolute Gasteiger partial charge is 0.397 e. The van der Waals surface area contributed by atoms with Gasteiger partial charge in [-0.25, -0.2) is 4.39 Å². The van der Waals surface area contributed by atoms with Gasteiger partial charge in [0.25, 0.3) is 5.89 Å². The van der Waals surface area contributed by atoms with E-state index in [1.54, 1.807) is 29.2 Å². The second kappa shape index (κ2) is 6.41. The molecule has 0 bridgehead atoms. The highest BCUT2D eigenvalue weighted by molar-refractivity contribution is 5.95. The minimum absolute atomic E-state index is 0.0115. The molecule has 1 aliphatic carbocycles. The minimum atomic E-state index is -4.51. The maximum absolute atomic E-state index is 15.1. The standard InChI is InChI=1S/C22H18F4N6O/c23-20(5-7-28-10-20)18-31-30-17(33-18)19-9-21(19,22(24,25)26)12-32(11-19)15-4-3-13(8-27)16-14(15)2-1-6-29-16/h1-4,6,28H,5,7,9-12H2/t19-,20?,21-/m0/s1. The third-order valence-electron chi connectivity index (χ3n) is 7.39. The van der Waals surface area contributed by atoms with Crippen LogP contribution in [-0.2, 0) is 11.1 Å². The zero-order valence-electron chi connectivity index (χ0n) is 17.3. The second-order valence-corrected chi connectivity index (χ2v) is 9.14. The number of piperidine rings is 1. The Balaban J connectivity index is 1.43. The predicted octanol–water partition coefficient (Wildman–Crippen LogP) is 3.36. The summed E-state index contributed by atoms with van der Waals surface area (Å²) in [6.45, 7) is 0.107. The van der Waals surface area contributed by atoms with Gasteiger partial charge in [-0.2, -0.15) is 18.4 Å². The molecule has 3 fully saturated rings. The van der Waals surface area contributed by atoms with Gasteiger partial charge in [-0.05, 0) is 37.2 Å². The van der Waals surface area contributed by atoms with E-state index in [2.05, 4.69) is 26.6 Å². The fraction of sp³-hybridized carbons (Fsp3) is 0.455. The van der Waals surface area contributed by atoms with E-state index in [0.29, 0.717) is 28.7 Å². The lowest BCUT2D eigenvalue weighted by Gasteiger charge is -2.25. The number of pyridine rings is 1. The van der Waals surface area contributed by atoms with Crippen LogP contribution in [-0.4, -0.2) is 47.5 Å². The number of aromatic nitrogens is 3. The van der Waals surface area contributed by atoms with Crippen molar-refractivity contribution in [1.29, 1.82) is 5.26 Å². The Morgan fingerprint density at radius 2 is 1.97 bits per heavy atom. The van der Waals surface area contributed by atoms with Gasteiger partial charge in [-0.15, -0.1) is 10.2 Å². The molecule has 11 heteroatoms. The van der Waals surface area contributed by atoms with Gasteiger partial charge in [-0.3, -0.25) is 4.98 Å². The maximum atomic E-state index is 15.1. The molecule has 4 heterocycles. The van der Waals surface area contributed by atoms with Gasteiger partial charge >= 0.3 is 6.18 Å². The Kier molecular flexibility index (Phi) is 3.95. The Bertz CT molecular complexity index is 1310. The summed E-state index contributed by atoms with van der Waals surface area (Å²) in [5.74, 6) is -0.441. The molecule has 3 aromatic rings. The van der Waals surface area contributed by atoms with E-state index in [4.69, 9.17) is 4.42 Å². The third-order valence-corrected chi connectivity index (χ3v) is 7.39. The number of halogens is 4. The first-order valence-electron chi connectivity index (χ1n) is 10.6. The molecule has 2 aliphatic heterocycles. The summed E-state index contributed by atoms with van der Waals surface area (Å²) in [7, 11) is 0. The molecule has 1 aromatic carbocycles. The van der Waals surface area contributed by atoms with Crippen LogP contribution in [0.1, 0.15) is 30.2 Å². The number of alkyl halides is 4. The molecule has 1 N–H and O–H groups in total. The highest BCUT2D eigenvalue weighted by Crippen LogP contribution is 2.75. The van der Waals surface area contributed by atoms with Crippen LogP contribution in [0, 0.1) is 16.7 Å². The largest absolute Gasteiger partial charge is 0.421 e. The predicted molar refractivity (Wildman–Crippen MR) is 108 cm³/mol. The van der Waals surface area contributed by atoms with Gasteiger partial charge in [0.15, 0.2) is 0 Å². The van der Waals surface area contributed by atoms with Gasteiger partial charge in [0.05, 0.1) is 16.5 Å². The van der Waals surface area contributed by atoms with Crippen LogP contribution < -0.4 is 10.2 Å². The molecular weight excluding hydrogens is 440 g/mol. The van der Waals surface area contributed by atoms with Crippen LogP contribution in [0.25, 0.3) is 10.9 Å². The topological polar surface area (TPSA) is 90.9 Å². The lowest BCUT2D eigenvalue weighted by molar-refractivity contribution is -0.187. The zero-order valence-corrected chi connectivity index (χ0v) is 17.3. The van der Waals surface area contributed by atoms with Crippen LogP contribution >= 0.6 is 0 Å². The van der Waals surface area contributed by atoms with E-state index >= 15 is 4.39 Å². The summed E-state index contributed by atoms with van der Waals surface area (Å²) in [5, 5.41) is 20.6. The van der Waals surface area contributed by atoms with Gasteiger partial charge in [0.2, 0.25) is 11.6 Å². The molecule has 1 saturated carbocycles. The van der Waals surface area contributed by atoms with Crippen LogP contribution in [0.5, 0.6) is 0 Å². The van der Waals surface area contributed by atoms with E-state index in [-0.39, 0.29) is 44.3 Å². The average molecular weight is 458 g/mol. The highest BCUT2D eigenvalue weighted by Gasteiger charge is 2.86. The van der Waals surface area contributed by atoms with Gasteiger partial charge < -0.3 is 14.6 Å². The molecule has 170 valence electrons. The number of nitrogens with zero attached hydrogens (tertiary/aromatic N) is 5. The summed E-state index contributed by atoms with van der Waals surface area (Å²) in [4.78, 5) is 5.88. The van der Waals surface area contributed by atoms with Crippen molar-refractivity contribution in [3.05, 3.63) is 47.8 Å². The number of benzene rings is 1. The third kappa shape index (κ3) is 2.61. The minimum Gasteiger partial charge on any atom is -0.421 e. The van der Waals surface area contributed by atoms with E-state index in [1.807, 2.05) is 0 Å². The van der Waals surface area contributed by atoms with Crippen LogP contribution in [0.3, 0.4) is 0 Å². The lowest BCUT2D eigenvalue weighted by Crippen LogP contribution is -2.34. The van der Waals surface area contributed by atoms with Gasteiger partial charge in [0, 0.05) is 43.3 Å². The van der Waals surface area contributed by atoms with Crippen molar-refractivity contribution in [2.75, 3.05) is 31.1 Å². The Morgan fingerprint density at radius 3 is 2.70 bits per heavy atom. The summed E-state index contributed by atoms with van der Waals surface area (Å²) >= 11 is 0. The number of fused-ring (bicyclic) bond motifs is 2. The molecule has 3 atom stereocenters. The number of hydrogen-bond acceptors (Lipinski definition) is 7. The first kappa shape index (κ1) is 20.4. The normalized spacial score (nSPS) is 31.1. The van der Waals surface area contributed by atoms with Crippen molar-refractivity contribution in [2.45, 2.75) is 30.1 Å². The SMILES string of the molecule is N#Cc1ccc(N2C[C@]3(c4nnc(C5(F)CCNC5)o4)C[C@]3(C(F)(F)F)C2)c2cccnc12. The van der Waals surface area contributed by atoms with E-state index in [1.165, 1.54) is 6.20 Å². The first-order chi connectivity index (χ1) is 15.7. The summed E-state index contributed by atoms with van der Waals surface area (Å²) < 4.78 is 63.8. The van der Waals surface area contributed by atoms with Gasteiger partial charge in [-0.1, -0.05) is 0 Å². The second-order valence-electron chi connectivity index (χ2n) is 9.14. The average Bonchev–Trinajstić information content (AvgIpc) is 3.25. The quantitative estimate of drug-likeness (QED) is 0.602. The Labute approximate surface area is 185 Å². The van der Waals surface area contributed by atoms with Crippen LogP contribution in [0.2, 0.25) is 0 Å². The van der Waals surface area contributed by atoms with Crippen molar-refractivity contribution in [3.63, 3.8) is 0 Å². The molecule has 0 spiro atoms. The maximum Gasteiger partial charge on any atom is 0.397 e. The number of anilines is 1. The lowest BCUT2D eigenvalue weighted by atomic mass is 9.95. The Morgan fingerprint density at radius 1 is 1.15 bits per heavy atom.